The van der Waals surface area contributed by atoms with Crippen molar-refractivity contribution in [1.82, 2.24) is 0 Å². The van der Waals surface area contributed by atoms with Gasteiger partial charge in [0, 0.05) is 10.9 Å². The molecule has 3 nitrogen and oxygen atoms in total. The van der Waals surface area contributed by atoms with E-state index in [1.54, 1.807) is 6.07 Å². The first kappa shape index (κ1) is 11.9. The van der Waals surface area contributed by atoms with Gasteiger partial charge in [0.15, 0.2) is 0 Å². The highest BCUT2D eigenvalue weighted by Gasteiger charge is 2.20. The number of rotatable bonds is 4. The summed E-state index contributed by atoms with van der Waals surface area (Å²) in [6.45, 7) is 0. The normalized spacial score (nSPS) is 11.9. The summed E-state index contributed by atoms with van der Waals surface area (Å²) >= 11 is 3.31. The van der Waals surface area contributed by atoms with Gasteiger partial charge in [0.2, 0.25) is 0 Å². The fraction of sp³-hybridized carbons (Fsp3) is 0.273. The van der Waals surface area contributed by atoms with Gasteiger partial charge in [-0.25, -0.2) is 0 Å². The van der Waals surface area contributed by atoms with Gasteiger partial charge in [-0.3, -0.25) is 4.79 Å². The molecule has 0 amide bonds. The summed E-state index contributed by atoms with van der Waals surface area (Å²) in [7, 11) is 1.32. The number of halogens is 1. The fourth-order valence-corrected chi connectivity index (χ4v) is 1.75. The Morgan fingerprint density at radius 1 is 1.60 bits per heavy atom. The zero-order valence-electron chi connectivity index (χ0n) is 8.27. The first-order chi connectivity index (χ1) is 7.19. The minimum absolute atomic E-state index is 0.142. The largest absolute Gasteiger partial charge is 0.469 e. The van der Waals surface area contributed by atoms with Crippen LogP contribution in [0.15, 0.2) is 28.7 Å². The Hall–Kier alpha value is -1.16. The zero-order chi connectivity index (χ0) is 11.3. The van der Waals surface area contributed by atoms with Crippen LogP contribution in [0.3, 0.4) is 0 Å². The first-order valence-electron chi connectivity index (χ1n) is 4.46. The quantitative estimate of drug-likeness (QED) is 0.623. The van der Waals surface area contributed by atoms with Crippen molar-refractivity contribution in [2.75, 3.05) is 7.11 Å². The summed E-state index contributed by atoms with van der Waals surface area (Å²) in [6, 6.07) is 7.29. The Labute approximate surface area is 96.6 Å². The number of methoxy groups -OCH3 is 1. The number of hydrogen-bond acceptors (Lipinski definition) is 3. The SMILES string of the molecule is COC(=O)C(CC=O)c1cccc(Br)c1. The van der Waals surface area contributed by atoms with Crippen molar-refractivity contribution in [3.05, 3.63) is 34.3 Å². The number of benzene rings is 1. The van der Waals surface area contributed by atoms with E-state index in [4.69, 9.17) is 0 Å². The highest BCUT2D eigenvalue weighted by atomic mass is 79.9. The van der Waals surface area contributed by atoms with Gasteiger partial charge in [0.1, 0.15) is 6.29 Å². The van der Waals surface area contributed by atoms with Crippen LogP contribution >= 0.6 is 15.9 Å². The summed E-state index contributed by atoms with van der Waals surface area (Å²) in [5.74, 6) is -0.898. The molecule has 0 N–H and O–H groups in total. The summed E-state index contributed by atoms with van der Waals surface area (Å²) in [5.41, 5.74) is 0.781. The predicted molar refractivity (Wildman–Crippen MR) is 59.6 cm³/mol. The lowest BCUT2D eigenvalue weighted by molar-refractivity contribution is -0.143. The van der Waals surface area contributed by atoms with Gasteiger partial charge in [0.05, 0.1) is 13.0 Å². The molecule has 1 aromatic rings. The molecule has 0 spiro atoms. The van der Waals surface area contributed by atoms with Crippen molar-refractivity contribution in [2.45, 2.75) is 12.3 Å². The number of carbonyl (C=O) groups excluding carboxylic acids is 2. The van der Waals surface area contributed by atoms with E-state index in [0.29, 0.717) is 0 Å². The molecule has 0 aromatic heterocycles. The Kier molecular flexibility index (Phi) is 4.49. The van der Waals surface area contributed by atoms with Gasteiger partial charge in [0.25, 0.3) is 0 Å². The second-order valence-electron chi connectivity index (χ2n) is 3.03. The standard InChI is InChI=1S/C11H11BrO3/c1-15-11(14)10(5-6-13)8-3-2-4-9(12)7-8/h2-4,6-7,10H,5H2,1H3. The number of aldehydes is 1. The number of ether oxygens (including phenoxy) is 1. The van der Waals surface area contributed by atoms with Crippen LogP contribution in [-0.2, 0) is 14.3 Å². The maximum absolute atomic E-state index is 11.4. The lowest BCUT2D eigenvalue weighted by atomic mass is 9.97. The maximum atomic E-state index is 11.4. The zero-order valence-corrected chi connectivity index (χ0v) is 9.86. The van der Waals surface area contributed by atoms with Gasteiger partial charge in [-0.05, 0) is 17.7 Å². The van der Waals surface area contributed by atoms with E-state index in [0.717, 1.165) is 16.3 Å². The van der Waals surface area contributed by atoms with Gasteiger partial charge in [-0.15, -0.1) is 0 Å². The van der Waals surface area contributed by atoms with E-state index in [9.17, 15) is 9.59 Å². The predicted octanol–water partition coefficient (Wildman–Crippen LogP) is 2.29. The molecule has 0 aliphatic heterocycles. The van der Waals surface area contributed by atoms with E-state index in [2.05, 4.69) is 20.7 Å². The molecular formula is C11H11BrO3. The van der Waals surface area contributed by atoms with Gasteiger partial charge >= 0.3 is 5.97 Å². The molecule has 0 aliphatic carbocycles. The monoisotopic (exact) mass is 270 g/mol. The van der Waals surface area contributed by atoms with Crippen molar-refractivity contribution < 1.29 is 14.3 Å². The van der Waals surface area contributed by atoms with Crippen LogP contribution in [0.2, 0.25) is 0 Å². The minimum atomic E-state index is -0.509. The highest BCUT2D eigenvalue weighted by molar-refractivity contribution is 9.10. The van der Waals surface area contributed by atoms with Crippen LogP contribution in [0.1, 0.15) is 17.9 Å². The van der Waals surface area contributed by atoms with Gasteiger partial charge in [-0.2, -0.15) is 0 Å². The Balaban J connectivity index is 2.98. The van der Waals surface area contributed by atoms with Crippen molar-refractivity contribution in [3.8, 4) is 0 Å². The minimum Gasteiger partial charge on any atom is -0.469 e. The fourth-order valence-electron chi connectivity index (χ4n) is 1.33. The van der Waals surface area contributed by atoms with E-state index < -0.39 is 5.92 Å². The summed E-state index contributed by atoms with van der Waals surface area (Å²) in [4.78, 5) is 21.9. The third-order valence-corrected chi connectivity index (χ3v) is 2.56. The molecule has 0 fully saturated rings. The molecule has 1 unspecified atom stereocenters. The highest BCUT2D eigenvalue weighted by Crippen LogP contribution is 2.23. The molecule has 1 atom stereocenters. The van der Waals surface area contributed by atoms with Crippen LogP contribution in [0, 0.1) is 0 Å². The van der Waals surface area contributed by atoms with Gasteiger partial charge in [-0.1, -0.05) is 28.1 Å². The smallest absolute Gasteiger partial charge is 0.313 e. The van der Waals surface area contributed by atoms with Crippen molar-refractivity contribution in [3.63, 3.8) is 0 Å². The van der Waals surface area contributed by atoms with E-state index >= 15 is 0 Å². The van der Waals surface area contributed by atoms with Crippen LogP contribution in [0.4, 0.5) is 0 Å². The molecule has 0 aliphatic rings. The van der Waals surface area contributed by atoms with Crippen molar-refractivity contribution in [1.29, 1.82) is 0 Å². The summed E-state index contributed by atoms with van der Waals surface area (Å²) in [5, 5.41) is 0. The van der Waals surface area contributed by atoms with Crippen LogP contribution in [0.25, 0.3) is 0 Å². The van der Waals surface area contributed by atoms with Crippen molar-refractivity contribution in [2.24, 2.45) is 0 Å². The number of hydrogen-bond donors (Lipinski definition) is 0. The summed E-state index contributed by atoms with van der Waals surface area (Å²) < 4.78 is 5.52. The second-order valence-corrected chi connectivity index (χ2v) is 3.95. The third-order valence-electron chi connectivity index (χ3n) is 2.07. The number of carbonyl (C=O) groups is 2. The molecule has 0 radical (unpaired) electrons. The molecule has 0 bridgehead atoms. The molecule has 1 rings (SSSR count). The molecule has 80 valence electrons. The Bertz CT molecular complexity index is 363. The molecule has 0 saturated heterocycles. The molecule has 4 heteroatoms. The van der Waals surface area contributed by atoms with E-state index in [1.165, 1.54) is 7.11 Å². The average molecular weight is 271 g/mol. The molecule has 1 aromatic carbocycles. The van der Waals surface area contributed by atoms with Gasteiger partial charge < -0.3 is 9.53 Å². The maximum Gasteiger partial charge on any atom is 0.313 e. The van der Waals surface area contributed by atoms with E-state index in [1.807, 2.05) is 18.2 Å². The molecule has 0 saturated carbocycles. The van der Waals surface area contributed by atoms with Crippen molar-refractivity contribution >= 4 is 28.2 Å². The third kappa shape index (κ3) is 3.16. The summed E-state index contributed by atoms with van der Waals surface area (Å²) in [6.07, 6.45) is 0.867. The Morgan fingerprint density at radius 2 is 2.33 bits per heavy atom. The average Bonchev–Trinajstić information content (AvgIpc) is 2.25. The lowest BCUT2D eigenvalue weighted by Gasteiger charge is -2.12. The first-order valence-corrected chi connectivity index (χ1v) is 5.25. The van der Waals surface area contributed by atoms with E-state index in [-0.39, 0.29) is 12.4 Å². The van der Waals surface area contributed by atoms with Crippen LogP contribution in [-0.4, -0.2) is 19.4 Å². The second kappa shape index (κ2) is 5.66. The van der Waals surface area contributed by atoms with Crippen LogP contribution in [0.5, 0.6) is 0 Å². The lowest BCUT2D eigenvalue weighted by Crippen LogP contribution is -2.14. The molecular weight excluding hydrogens is 260 g/mol. The van der Waals surface area contributed by atoms with Crippen LogP contribution < -0.4 is 0 Å². The number of esters is 1. The topological polar surface area (TPSA) is 43.4 Å². The molecule has 15 heavy (non-hydrogen) atoms. The Morgan fingerprint density at radius 3 is 2.87 bits per heavy atom. The molecule has 0 heterocycles.